The number of rotatable bonds is 9. The lowest BCUT2D eigenvalue weighted by Crippen LogP contribution is -2.54. The number of hydrogen-bond acceptors (Lipinski definition) is 7. The van der Waals surface area contributed by atoms with Crippen molar-refractivity contribution in [2.75, 3.05) is 25.1 Å². The molecule has 3 aliphatic heterocycles. The van der Waals surface area contributed by atoms with E-state index in [9.17, 15) is 14.7 Å². The van der Waals surface area contributed by atoms with Crippen LogP contribution < -0.4 is 15.4 Å². The van der Waals surface area contributed by atoms with E-state index in [2.05, 4.69) is 40.0 Å². The summed E-state index contributed by atoms with van der Waals surface area (Å²) < 4.78 is 12.2. The Kier molecular flexibility index (Phi) is 10.1. The molecule has 3 heterocycles. The quantitative estimate of drug-likeness (QED) is 0.102. The molecule has 0 radical (unpaired) electrons. The fourth-order valence-corrected chi connectivity index (χ4v) is 8.97. The molecule has 3 N–H and O–H groups in total. The summed E-state index contributed by atoms with van der Waals surface area (Å²) in [4.78, 5) is 46.9. The molecule has 2 amide bonds. The van der Waals surface area contributed by atoms with Crippen molar-refractivity contribution in [2.24, 2.45) is 5.92 Å². The summed E-state index contributed by atoms with van der Waals surface area (Å²) in [5.74, 6) is 4.57. The third-order valence-corrected chi connectivity index (χ3v) is 11.2. The minimum atomic E-state index is -1.61. The maximum atomic E-state index is 15.2. The number of morpholine rings is 1. The molecule has 6 atom stereocenters. The van der Waals surface area contributed by atoms with E-state index >= 15 is 4.79 Å². The first-order valence-corrected chi connectivity index (χ1v) is 18.9. The Morgan fingerprint density at radius 2 is 1.69 bits per heavy atom. The Hall–Kier alpha value is -5.95. The summed E-state index contributed by atoms with van der Waals surface area (Å²) in [6, 6.07) is 29.8. The van der Waals surface area contributed by atoms with Gasteiger partial charge in [-0.2, -0.15) is 0 Å². The number of aliphatic hydroxyl groups excluding tert-OH is 1. The molecule has 278 valence electrons. The van der Waals surface area contributed by atoms with Crippen molar-refractivity contribution in [1.29, 1.82) is 0 Å². The molecule has 9 nitrogen and oxygen atoms in total. The molecule has 8 rings (SSSR count). The van der Waals surface area contributed by atoms with Gasteiger partial charge in [0.15, 0.2) is 0 Å². The number of amides is 2. The number of cyclic esters (lactones) is 1. The van der Waals surface area contributed by atoms with E-state index in [0.29, 0.717) is 28.1 Å². The number of carbonyl (C=O) groups excluding carboxylic acids is 3. The van der Waals surface area contributed by atoms with E-state index in [1.54, 1.807) is 18.2 Å². The molecule has 2 saturated heterocycles. The van der Waals surface area contributed by atoms with Gasteiger partial charge in [-0.3, -0.25) is 19.3 Å². The van der Waals surface area contributed by atoms with E-state index in [0.717, 1.165) is 42.4 Å². The summed E-state index contributed by atoms with van der Waals surface area (Å²) in [7, 11) is 0. The summed E-state index contributed by atoms with van der Waals surface area (Å²) in [5.41, 5.74) is 3.69. The van der Waals surface area contributed by atoms with E-state index in [4.69, 9.17) is 9.47 Å². The van der Waals surface area contributed by atoms with Gasteiger partial charge in [0.1, 0.15) is 29.9 Å². The van der Waals surface area contributed by atoms with E-state index in [-0.39, 0.29) is 19.8 Å². The zero-order valence-electron chi connectivity index (χ0n) is 30.4. The molecule has 0 bridgehead atoms. The molecule has 0 unspecified atom stereocenters. The van der Waals surface area contributed by atoms with Gasteiger partial charge in [0.05, 0.1) is 24.6 Å². The van der Waals surface area contributed by atoms with Crippen molar-refractivity contribution in [3.63, 3.8) is 0 Å². The number of esters is 1. The van der Waals surface area contributed by atoms with Gasteiger partial charge in [-0.05, 0) is 83.8 Å². The summed E-state index contributed by atoms with van der Waals surface area (Å²) in [5, 5.41) is 15.5. The van der Waals surface area contributed by atoms with Crippen LogP contribution in [-0.2, 0) is 24.5 Å². The van der Waals surface area contributed by atoms with Crippen molar-refractivity contribution < 1.29 is 29.0 Å². The van der Waals surface area contributed by atoms with Gasteiger partial charge in [-0.15, -0.1) is 6.58 Å². The normalized spacial score (nSPS) is 25.4. The fourth-order valence-electron chi connectivity index (χ4n) is 8.97. The zero-order chi connectivity index (χ0) is 37.9. The van der Waals surface area contributed by atoms with Crippen LogP contribution in [-0.4, -0.2) is 53.6 Å². The lowest BCUT2D eigenvalue weighted by atomic mass is 9.65. The molecular weight excluding hydrogens is 691 g/mol. The molecule has 0 aromatic heterocycles. The first kappa shape index (κ1) is 36.0. The SMILES string of the molecule is C=CCNC(=O)[C@@H]1[C@H]2C(=O)O[C@H](c3ccccc3)[C@H](c3ccccc3)N2[C@H](c2ccc(OCCO)cc2)[C@@]12C(=O)Nc1ccc(C#CC3=CCCCC3)cc12. The van der Waals surface area contributed by atoms with Crippen LogP contribution in [0.15, 0.2) is 127 Å². The highest BCUT2D eigenvalue weighted by molar-refractivity contribution is 6.12. The number of ether oxygens (including phenoxy) is 2. The van der Waals surface area contributed by atoms with Crippen LogP contribution in [0.1, 0.15) is 71.7 Å². The maximum absolute atomic E-state index is 15.2. The Balaban J connectivity index is 1.40. The van der Waals surface area contributed by atoms with Gasteiger partial charge >= 0.3 is 5.97 Å². The lowest BCUT2D eigenvalue weighted by Gasteiger charge is -2.46. The number of anilines is 1. The maximum Gasteiger partial charge on any atom is 0.324 e. The third kappa shape index (κ3) is 6.41. The third-order valence-electron chi connectivity index (χ3n) is 11.2. The Morgan fingerprint density at radius 1 is 0.945 bits per heavy atom. The summed E-state index contributed by atoms with van der Waals surface area (Å²) in [6.07, 6.45) is 7.18. The van der Waals surface area contributed by atoms with Crippen molar-refractivity contribution in [1.82, 2.24) is 10.2 Å². The first-order valence-electron chi connectivity index (χ1n) is 18.9. The second kappa shape index (κ2) is 15.4. The zero-order valence-corrected chi connectivity index (χ0v) is 30.4. The highest BCUT2D eigenvalue weighted by Crippen LogP contribution is 2.64. The van der Waals surface area contributed by atoms with Crippen LogP contribution >= 0.6 is 0 Å². The average molecular weight is 734 g/mol. The molecule has 1 spiro atoms. The largest absolute Gasteiger partial charge is 0.491 e. The standard InChI is InChI=1S/C46H43N3O6/c1-2-26-47-43(51)38-40-44(52)55-41(33-16-10-5-11-17-33)39(32-14-8-4-9-15-32)49(40)42(34-21-23-35(24-22-34)54-28-27-50)46(38)36-29-31(20-25-37(36)48-45(46)53)19-18-30-12-6-3-7-13-30/h2,4-5,8-12,14-17,20-25,29,38-42,50H,1,3,6-7,13,26-28H2,(H,47,51)(H,48,53)/t38-,39-,40-,41+,42+,46-/m0/s1. The number of nitrogens with zero attached hydrogens (tertiary/aromatic N) is 1. The second-order valence-corrected chi connectivity index (χ2v) is 14.4. The smallest absolute Gasteiger partial charge is 0.324 e. The van der Waals surface area contributed by atoms with E-state index < -0.39 is 53.3 Å². The van der Waals surface area contributed by atoms with Crippen LogP contribution in [0.25, 0.3) is 0 Å². The number of hydrogen-bond donors (Lipinski definition) is 3. The molecular formula is C46H43N3O6. The molecule has 9 heteroatoms. The van der Waals surface area contributed by atoms with Crippen LogP contribution in [0, 0.1) is 17.8 Å². The molecule has 1 aliphatic carbocycles. The number of fused-ring (bicyclic) bond motifs is 3. The van der Waals surface area contributed by atoms with Gasteiger partial charge in [0.2, 0.25) is 11.8 Å². The fraction of sp³-hybridized carbons (Fsp3) is 0.283. The van der Waals surface area contributed by atoms with Crippen LogP contribution in [0.3, 0.4) is 0 Å². The Bertz CT molecular complexity index is 2190. The molecule has 4 aromatic carbocycles. The summed E-state index contributed by atoms with van der Waals surface area (Å²) >= 11 is 0. The van der Waals surface area contributed by atoms with Gasteiger partial charge in [-0.25, -0.2) is 0 Å². The van der Waals surface area contributed by atoms with Gasteiger partial charge in [-0.1, -0.05) is 96.8 Å². The Labute approximate surface area is 321 Å². The highest BCUT2D eigenvalue weighted by atomic mass is 16.6. The predicted octanol–water partition coefficient (Wildman–Crippen LogP) is 6.48. The monoisotopic (exact) mass is 733 g/mol. The molecule has 55 heavy (non-hydrogen) atoms. The van der Waals surface area contributed by atoms with E-state index in [1.807, 2.05) is 91.0 Å². The predicted molar refractivity (Wildman–Crippen MR) is 209 cm³/mol. The second-order valence-electron chi connectivity index (χ2n) is 14.4. The number of carbonyl (C=O) groups is 3. The average Bonchev–Trinajstić information content (AvgIpc) is 3.71. The van der Waals surface area contributed by atoms with Crippen LogP contribution in [0.2, 0.25) is 0 Å². The molecule has 0 saturated carbocycles. The molecule has 4 aromatic rings. The van der Waals surface area contributed by atoms with Gasteiger partial charge in [0.25, 0.3) is 0 Å². The topological polar surface area (TPSA) is 117 Å². The minimum Gasteiger partial charge on any atom is -0.491 e. The Morgan fingerprint density at radius 3 is 2.38 bits per heavy atom. The number of aliphatic hydroxyl groups is 1. The highest BCUT2D eigenvalue weighted by Gasteiger charge is 2.74. The summed E-state index contributed by atoms with van der Waals surface area (Å²) in [6.45, 7) is 3.92. The lowest BCUT2D eigenvalue weighted by molar-refractivity contribution is -0.178. The molecule has 4 aliphatic rings. The van der Waals surface area contributed by atoms with Crippen molar-refractivity contribution in [2.45, 2.75) is 55.3 Å². The van der Waals surface area contributed by atoms with Gasteiger partial charge in [0, 0.05) is 17.8 Å². The van der Waals surface area contributed by atoms with Crippen molar-refractivity contribution in [3.8, 4) is 17.6 Å². The number of benzene rings is 4. The number of nitrogens with one attached hydrogen (secondary N) is 2. The minimum absolute atomic E-state index is 0.115. The number of allylic oxidation sites excluding steroid dienone is 2. The van der Waals surface area contributed by atoms with E-state index in [1.165, 1.54) is 0 Å². The van der Waals surface area contributed by atoms with Crippen molar-refractivity contribution >= 4 is 23.5 Å². The molecule has 2 fully saturated rings. The first-order chi connectivity index (χ1) is 26.9. The van der Waals surface area contributed by atoms with Crippen LogP contribution in [0.5, 0.6) is 5.75 Å². The van der Waals surface area contributed by atoms with Crippen molar-refractivity contribution in [3.05, 3.63) is 155 Å². The van der Waals surface area contributed by atoms with Gasteiger partial charge < -0.3 is 25.2 Å². The van der Waals surface area contributed by atoms with Crippen LogP contribution in [0.4, 0.5) is 5.69 Å².